The third-order valence-electron chi connectivity index (χ3n) is 8.35. The van der Waals surface area contributed by atoms with Gasteiger partial charge in [-0.2, -0.15) is 0 Å². The maximum Gasteiger partial charge on any atom is 0.152 e. The Morgan fingerprint density at radius 3 is 2.73 bits per heavy atom. The smallest absolute Gasteiger partial charge is 0.152 e. The van der Waals surface area contributed by atoms with Gasteiger partial charge in [0.1, 0.15) is 0 Å². The monoisotopic (exact) mass is 556 g/mol. The summed E-state index contributed by atoms with van der Waals surface area (Å²) in [5.74, 6) is 2.83. The highest BCUT2D eigenvalue weighted by Gasteiger charge is 2.28. The van der Waals surface area contributed by atoms with E-state index in [-0.39, 0.29) is 0 Å². The number of unbranched alkanes of at least 4 members (excludes halogenated alkanes) is 1. The van der Waals surface area contributed by atoms with Crippen LogP contribution in [0.4, 0.5) is 5.82 Å². The molecule has 0 fully saturated rings. The number of alkyl halides is 1. The number of rotatable bonds is 9. The van der Waals surface area contributed by atoms with E-state index in [9.17, 15) is 0 Å². The third kappa shape index (κ3) is 6.60. The van der Waals surface area contributed by atoms with Gasteiger partial charge in [0.2, 0.25) is 0 Å². The summed E-state index contributed by atoms with van der Waals surface area (Å²) in [4.78, 5) is 10.5. The van der Waals surface area contributed by atoms with Crippen LogP contribution in [-0.2, 0) is 6.42 Å². The topological polar surface area (TPSA) is 25.2 Å². The van der Waals surface area contributed by atoms with Crippen molar-refractivity contribution < 1.29 is 0 Å². The molecule has 3 heteroatoms. The molecule has 0 aliphatic heterocycles. The lowest BCUT2D eigenvalue weighted by Gasteiger charge is -2.29. The number of pyridine rings is 1. The summed E-state index contributed by atoms with van der Waals surface area (Å²) in [6.45, 7) is 4.70. The number of benzene rings is 1. The van der Waals surface area contributed by atoms with Crippen molar-refractivity contribution in [2.24, 2.45) is 16.8 Å². The predicted octanol–water partition coefficient (Wildman–Crippen LogP) is 10.1. The Kier molecular flexibility index (Phi) is 8.92. The van der Waals surface area contributed by atoms with Gasteiger partial charge in [-0.15, -0.1) is 0 Å². The molecule has 0 saturated carbocycles. The van der Waals surface area contributed by atoms with Crippen molar-refractivity contribution in [3.05, 3.63) is 83.5 Å². The van der Waals surface area contributed by atoms with Gasteiger partial charge in [-0.3, -0.25) is 0 Å². The van der Waals surface area contributed by atoms with Crippen molar-refractivity contribution in [3.63, 3.8) is 0 Å². The second kappa shape index (κ2) is 12.5. The summed E-state index contributed by atoms with van der Waals surface area (Å²) in [6.07, 6.45) is 24.1. The number of halogens is 1. The standard InChI is InChI=1S/C34H41BrN2/c1-3-8-24(2)9-4-5-10-25-13-20-29(21-14-25)36-33-22-17-27-23-32(26-15-18-28(35)19-16-26)30-11-6-7-12-31(30)34(27)37-33/h6-7,11-13,15-18,20,22,24-25,28,32H,3-5,8-10,14,19,21,23H2,1-2H3. The number of fused-ring (bicyclic) bond motifs is 3. The maximum atomic E-state index is 5.09. The lowest BCUT2D eigenvalue weighted by atomic mass is 9.76. The molecule has 37 heavy (non-hydrogen) atoms. The number of hydrogen-bond donors (Lipinski definition) is 0. The minimum Gasteiger partial charge on any atom is -0.234 e. The van der Waals surface area contributed by atoms with E-state index in [2.05, 4.69) is 96.6 Å². The largest absolute Gasteiger partial charge is 0.234 e. The van der Waals surface area contributed by atoms with Crippen LogP contribution >= 0.6 is 15.9 Å². The molecule has 4 unspecified atom stereocenters. The second-order valence-electron chi connectivity index (χ2n) is 11.3. The Balaban J connectivity index is 1.26. The van der Waals surface area contributed by atoms with Crippen molar-refractivity contribution in [3.8, 4) is 11.3 Å². The van der Waals surface area contributed by atoms with Gasteiger partial charge in [-0.1, -0.05) is 117 Å². The van der Waals surface area contributed by atoms with E-state index in [1.807, 2.05) is 0 Å². The van der Waals surface area contributed by atoms with Gasteiger partial charge < -0.3 is 0 Å². The Morgan fingerprint density at radius 1 is 1.05 bits per heavy atom. The molecule has 5 rings (SSSR count). The molecule has 4 atom stereocenters. The summed E-state index contributed by atoms with van der Waals surface area (Å²) < 4.78 is 0. The van der Waals surface area contributed by atoms with E-state index in [1.165, 1.54) is 72.9 Å². The van der Waals surface area contributed by atoms with Crippen LogP contribution in [0.2, 0.25) is 0 Å². The Hall–Kier alpha value is -2.26. The highest BCUT2D eigenvalue weighted by atomic mass is 79.9. The lowest BCUT2D eigenvalue weighted by molar-refractivity contribution is 0.435. The fraction of sp³-hybridized carbons (Fsp3) is 0.471. The van der Waals surface area contributed by atoms with Crippen LogP contribution in [0.15, 0.2) is 77.3 Å². The van der Waals surface area contributed by atoms with Crippen LogP contribution < -0.4 is 0 Å². The number of aliphatic imine (C=N–C) groups is 1. The Bertz CT molecular complexity index is 1200. The van der Waals surface area contributed by atoms with Crippen molar-refractivity contribution in [2.45, 2.75) is 88.8 Å². The van der Waals surface area contributed by atoms with Crippen molar-refractivity contribution in [1.82, 2.24) is 4.98 Å². The summed E-state index contributed by atoms with van der Waals surface area (Å²) in [5.41, 5.74) is 7.69. The van der Waals surface area contributed by atoms with Gasteiger partial charge in [-0.25, -0.2) is 9.98 Å². The first-order valence-corrected chi connectivity index (χ1v) is 15.4. The minimum atomic E-state index is 0.395. The highest BCUT2D eigenvalue weighted by molar-refractivity contribution is 9.09. The molecule has 0 N–H and O–H groups in total. The van der Waals surface area contributed by atoms with Crippen LogP contribution in [0.3, 0.4) is 0 Å². The molecule has 1 aromatic heterocycles. The quantitative estimate of drug-likeness (QED) is 0.222. The summed E-state index contributed by atoms with van der Waals surface area (Å²) in [7, 11) is 0. The fourth-order valence-corrected chi connectivity index (χ4v) is 6.57. The van der Waals surface area contributed by atoms with Crippen LogP contribution in [0.1, 0.15) is 88.7 Å². The molecule has 2 aromatic rings. The van der Waals surface area contributed by atoms with E-state index in [0.29, 0.717) is 16.7 Å². The van der Waals surface area contributed by atoms with Gasteiger partial charge >= 0.3 is 0 Å². The zero-order chi connectivity index (χ0) is 25.6. The van der Waals surface area contributed by atoms with Gasteiger partial charge in [0, 0.05) is 22.0 Å². The first-order chi connectivity index (χ1) is 18.1. The molecule has 0 amide bonds. The van der Waals surface area contributed by atoms with E-state index >= 15 is 0 Å². The van der Waals surface area contributed by atoms with Crippen molar-refractivity contribution in [2.75, 3.05) is 0 Å². The highest BCUT2D eigenvalue weighted by Crippen LogP contribution is 2.43. The average Bonchev–Trinajstić information content (AvgIpc) is 2.92. The normalized spacial score (nSPS) is 24.5. The van der Waals surface area contributed by atoms with Gasteiger partial charge in [0.15, 0.2) is 5.82 Å². The molecule has 2 nitrogen and oxygen atoms in total. The van der Waals surface area contributed by atoms with Crippen molar-refractivity contribution >= 4 is 27.5 Å². The van der Waals surface area contributed by atoms with E-state index in [1.54, 1.807) is 0 Å². The molecular formula is C34H41BrN2. The molecule has 3 aliphatic carbocycles. The third-order valence-corrected chi connectivity index (χ3v) is 9.03. The van der Waals surface area contributed by atoms with E-state index in [4.69, 9.17) is 9.98 Å². The molecule has 1 heterocycles. The van der Waals surface area contributed by atoms with E-state index in [0.717, 1.165) is 36.7 Å². The number of aromatic nitrogens is 1. The Labute approximate surface area is 232 Å². The molecule has 3 aliphatic rings. The van der Waals surface area contributed by atoms with Crippen molar-refractivity contribution in [1.29, 1.82) is 0 Å². The van der Waals surface area contributed by atoms with Crippen LogP contribution in [0, 0.1) is 11.8 Å². The molecular weight excluding hydrogens is 516 g/mol. The van der Waals surface area contributed by atoms with Gasteiger partial charge in [0.25, 0.3) is 0 Å². The number of nitrogens with zero attached hydrogens (tertiary/aromatic N) is 2. The molecule has 0 spiro atoms. The fourth-order valence-electron chi connectivity index (χ4n) is 6.23. The number of hydrogen-bond acceptors (Lipinski definition) is 2. The summed E-state index contributed by atoms with van der Waals surface area (Å²) >= 11 is 3.71. The lowest BCUT2D eigenvalue weighted by Crippen LogP contribution is -2.15. The zero-order valence-electron chi connectivity index (χ0n) is 22.5. The zero-order valence-corrected chi connectivity index (χ0v) is 24.1. The Morgan fingerprint density at radius 2 is 1.95 bits per heavy atom. The SMILES string of the molecule is CCCC(C)CCCCC1C=CC(=Nc2ccc3c(n2)-c2ccccc2C(C2=CCC(Br)C=C2)C3)CC1. The molecule has 0 saturated heterocycles. The molecule has 0 bridgehead atoms. The summed E-state index contributed by atoms with van der Waals surface area (Å²) in [6, 6.07) is 13.2. The van der Waals surface area contributed by atoms with Gasteiger partial charge in [0.05, 0.1) is 5.69 Å². The second-order valence-corrected chi connectivity index (χ2v) is 12.5. The first kappa shape index (κ1) is 26.4. The van der Waals surface area contributed by atoms with E-state index < -0.39 is 0 Å². The molecule has 1 aromatic carbocycles. The summed E-state index contributed by atoms with van der Waals surface area (Å²) in [5, 5.41) is 0. The number of allylic oxidation sites excluding steroid dienone is 6. The molecule has 0 radical (unpaired) electrons. The average molecular weight is 558 g/mol. The predicted molar refractivity (Wildman–Crippen MR) is 162 cm³/mol. The van der Waals surface area contributed by atoms with Crippen LogP contribution in [0.5, 0.6) is 0 Å². The first-order valence-electron chi connectivity index (χ1n) is 14.5. The van der Waals surface area contributed by atoms with Crippen LogP contribution in [-0.4, -0.2) is 15.5 Å². The maximum absolute atomic E-state index is 5.09. The van der Waals surface area contributed by atoms with Gasteiger partial charge in [-0.05, 0) is 72.8 Å². The van der Waals surface area contributed by atoms with Crippen LogP contribution in [0.25, 0.3) is 11.3 Å². The minimum absolute atomic E-state index is 0.395. The molecule has 194 valence electrons.